The van der Waals surface area contributed by atoms with Crippen LogP contribution in [0, 0.1) is 0 Å². The molecule has 0 aliphatic carbocycles. The first-order valence-corrected chi connectivity index (χ1v) is 8.06. The number of halogens is 2. The highest BCUT2D eigenvalue weighted by molar-refractivity contribution is 14.0. The largest absolute Gasteiger partial charge is 0.356 e. The van der Waals surface area contributed by atoms with Gasteiger partial charge in [-0.2, -0.15) is 0 Å². The number of rotatable bonds is 5. The minimum absolute atomic E-state index is 0. The third-order valence-electron chi connectivity index (χ3n) is 3.31. The third kappa shape index (κ3) is 5.48. The Hall–Kier alpha value is -0.730. The number of nitrogens with zero attached hydrogens (tertiary/aromatic N) is 3. The fourth-order valence-corrected chi connectivity index (χ4v) is 3.23. The molecule has 0 spiro atoms. The number of nitrogens with one attached hydrogen (secondary N) is 1. The zero-order valence-electron chi connectivity index (χ0n) is 13.0. The Bertz CT molecular complexity index is 608. The molecule has 0 amide bonds. The average Bonchev–Trinajstić information content (AvgIpc) is 3.04. The molecule has 2 heterocycles. The third-order valence-corrected chi connectivity index (χ3v) is 4.60. The molecule has 22 heavy (non-hydrogen) atoms. The molecule has 2 aromatic heterocycles. The first kappa shape index (κ1) is 19.3. The van der Waals surface area contributed by atoms with Crippen LogP contribution in [0.4, 0.5) is 0 Å². The van der Waals surface area contributed by atoms with Crippen LogP contribution in [-0.2, 0) is 20.0 Å². The van der Waals surface area contributed by atoms with Crippen LogP contribution in [0.2, 0.25) is 4.34 Å². The van der Waals surface area contributed by atoms with Crippen LogP contribution in [0.5, 0.6) is 0 Å². The molecule has 2 aromatic rings. The minimum atomic E-state index is 0. The summed E-state index contributed by atoms with van der Waals surface area (Å²) >= 11 is 7.57. The number of aliphatic imine (C=N–C) groups is 1. The summed E-state index contributed by atoms with van der Waals surface area (Å²) < 4.78 is 2.97. The molecule has 7 heteroatoms. The molecule has 0 aliphatic heterocycles. The Balaban J connectivity index is 0.00000242. The zero-order chi connectivity index (χ0) is 15.2. The predicted molar refractivity (Wildman–Crippen MR) is 107 cm³/mol. The van der Waals surface area contributed by atoms with Crippen molar-refractivity contribution in [2.24, 2.45) is 12.0 Å². The molecule has 0 saturated heterocycles. The second-order valence-corrected chi connectivity index (χ2v) is 6.70. The molecule has 0 atom stereocenters. The Morgan fingerprint density at radius 1 is 1.41 bits per heavy atom. The van der Waals surface area contributed by atoms with Crippen LogP contribution >= 0.6 is 46.9 Å². The quantitative estimate of drug-likeness (QED) is 0.427. The molecule has 0 radical (unpaired) electrons. The lowest BCUT2D eigenvalue weighted by Crippen LogP contribution is -2.39. The van der Waals surface area contributed by atoms with Gasteiger partial charge in [0.05, 0.1) is 10.9 Å². The summed E-state index contributed by atoms with van der Waals surface area (Å²) in [5.41, 5.74) is 1.26. The summed E-state index contributed by atoms with van der Waals surface area (Å²) in [7, 11) is 5.91. The fourth-order valence-electron chi connectivity index (χ4n) is 2.15. The van der Waals surface area contributed by atoms with Crippen molar-refractivity contribution in [1.82, 2.24) is 14.8 Å². The van der Waals surface area contributed by atoms with Crippen molar-refractivity contribution in [1.29, 1.82) is 0 Å². The summed E-state index contributed by atoms with van der Waals surface area (Å²) in [5.74, 6) is 0.902. The van der Waals surface area contributed by atoms with Crippen LogP contribution < -0.4 is 5.32 Å². The van der Waals surface area contributed by atoms with Gasteiger partial charge in [0.15, 0.2) is 5.96 Å². The Kier molecular flexibility index (Phi) is 8.27. The second-order valence-electron chi connectivity index (χ2n) is 4.90. The SMILES string of the molecule is CN=C(NCCc1ccc(Cl)s1)N(C)Cc1cccn1C.I. The first-order chi connectivity index (χ1) is 10.1. The number of thiophene rings is 1. The maximum atomic E-state index is 5.94. The van der Waals surface area contributed by atoms with Crippen LogP contribution in [0.3, 0.4) is 0 Å². The van der Waals surface area contributed by atoms with E-state index >= 15 is 0 Å². The highest BCUT2D eigenvalue weighted by Gasteiger charge is 2.08. The highest BCUT2D eigenvalue weighted by atomic mass is 127. The molecule has 122 valence electrons. The predicted octanol–water partition coefficient (Wildman–Crippen LogP) is 3.61. The molecule has 0 aromatic carbocycles. The number of hydrogen-bond acceptors (Lipinski definition) is 2. The van der Waals surface area contributed by atoms with Crippen molar-refractivity contribution in [2.75, 3.05) is 20.6 Å². The summed E-state index contributed by atoms with van der Waals surface area (Å²) in [6, 6.07) is 8.19. The topological polar surface area (TPSA) is 32.6 Å². The summed E-state index contributed by atoms with van der Waals surface area (Å²) in [6.07, 6.45) is 3.01. The van der Waals surface area contributed by atoms with Gasteiger partial charge in [-0.1, -0.05) is 11.6 Å². The van der Waals surface area contributed by atoms with E-state index in [1.54, 1.807) is 11.3 Å². The number of guanidine groups is 1. The molecule has 4 nitrogen and oxygen atoms in total. The Labute approximate surface area is 158 Å². The minimum Gasteiger partial charge on any atom is -0.356 e. The molecule has 0 fully saturated rings. The van der Waals surface area contributed by atoms with Gasteiger partial charge in [0.1, 0.15) is 0 Å². The molecular weight excluding hydrogens is 431 g/mol. The molecule has 0 bridgehead atoms. The Morgan fingerprint density at radius 3 is 2.73 bits per heavy atom. The van der Waals surface area contributed by atoms with Gasteiger partial charge in [-0.25, -0.2) is 0 Å². The van der Waals surface area contributed by atoms with E-state index in [0.717, 1.165) is 29.8 Å². The van der Waals surface area contributed by atoms with E-state index < -0.39 is 0 Å². The van der Waals surface area contributed by atoms with E-state index in [9.17, 15) is 0 Å². The van der Waals surface area contributed by atoms with Crippen molar-refractivity contribution >= 4 is 52.9 Å². The lowest BCUT2D eigenvalue weighted by molar-refractivity contribution is 0.462. The maximum Gasteiger partial charge on any atom is 0.193 e. The van der Waals surface area contributed by atoms with Crippen LogP contribution in [0.25, 0.3) is 0 Å². The Morgan fingerprint density at radius 2 is 2.18 bits per heavy atom. The van der Waals surface area contributed by atoms with Crippen molar-refractivity contribution in [2.45, 2.75) is 13.0 Å². The van der Waals surface area contributed by atoms with Gasteiger partial charge in [-0.05, 0) is 30.7 Å². The van der Waals surface area contributed by atoms with Gasteiger partial charge >= 0.3 is 0 Å². The fraction of sp³-hybridized carbons (Fsp3) is 0.400. The van der Waals surface area contributed by atoms with Gasteiger partial charge in [-0.15, -0.1) is 35.3 Å². The summed E-state index contributed by atoms with van der Waals surface area (Å²) in [4.78, 5) is 7.74. The van der Waals surface area contributed by atoms with E-state index in [0.29, 0.717) is 0 Å². The first-order valence-electron chi connectivity index (χ1n) is 6.86. The maximum absolute atomic E-state index is 5.94. The molecular formula is C15H22ClIN4S. The number of aromatic nitrogens is 1. The van der Waals surface area contributed by atoms with Crippen LogP contribution in [0.15, 0.2) is 35.5 Å². The standard InChI is InChI=1S/C15H21ClN4S.HI/c1-17-15(18-9-8-13-6-7-14(16)21-13)20(3)11-12-5-4-10-19(12)2;/h4-7,10H,8-9,11H2,1-3H3,(H,17,18);1H. The van der Waals surface area contributed by atoms with Gasteiger partial charge in [0.25, 0.3) is 0 Å². The normalized spacial score (nSPS) is 11.2. The van der Waals surface area contributed by atoms with Crippen molar-refractivity contribution in [3.63, 3.8) is 0 Å². The summed E-state index contributed by atoms with van der Waals surface area (Å²) in [5, 5.41) is 3.39. The zero-order valence-corrected chi connectivity index (χ0v) is 16.9. The highest BCUT2D eigenvalue weighted by Crippen LogP contribution is 2.21. The number of aryl methyl sites for hydroxylation is 1. The second kappa shape index (κ2) is 9.42. The monoisotopic (exact) mass is 452 g/mol. The van der Waals surface area contributed by atoms with Gasteiger partial charge in [0.2, 0.25) is 0 Å². The van der Waals surface area contributed by atoms with E-state index in [1.807, 2.05) is 20.2 Å². The lowest BCUT2D eigenvalue weighted by Gasteiger charge is -2.22. The smallest absolute Gasteiger partial charge is 0.193 e. The van der Waals surface area contributed by atoms with Crippen molar-refractivity contribution in [3.8, 4) is 0 Å². The molecule has 0 unspecified atom stereocenters. The van der Waals surface area contributed by atoms with E-state index in [4.69, 9.17) is 11.6 Å². The van der Waals surface area contributed by atoms with Gasteiger partial charge in [0, 0.05) is 44.5 Å². The molecule has 1 N–H and O–H groups in total. The van der Waals surface area contributed by atoms with Crippen molar-refractivity contribution < 1.29 is 0 Å². The molecule has 2 rings (SSSR count). The van der Waals surface area contributed by atoms with Crippen molar-refractivity contribution in [3.05, 3.63) is 45.4 Å². The van der Waals surface area contributed by atoms with Crippen LogP contribution in [0.1, 0.15) is 10.6 Å². The van der Waals surface area contributed by atoms with Gasteiger partial charge in [-0.3, -0.25) is 4.99 Å². The van der Waals surface area contributed by atoms with Crippen LogP contribution in [-0.4, -0.2) is 36.1 Å². The average molecular weight is 453 g/mol. The van der Waals surface area contributed by atoms with E-state index in [2.05, 4.69) is 51.2 Å². The van der Waals surface area contributed by atoms with Gasteiger partial charge < -0.3 is 14.8 Å². The number of hydrogen-bond donors (Lipinski definition) is 1. The van der Waals surface area contributed by atoms with E-state index in [1.165, 1.54) is 10.6 Å². The molecule has 0 aliphatic rings. The van der Waals surface area contributed by atoms with E-state index in [-0.39, 0.29) is 24.0 Å². The lowest BCUT2D eigenvalue weighted by atomic mass is 10.3. The summed E-state index contributed by atoms with van der Waals surface area (Å²) in [6.45, 7) is 1.68. The molecule has 0 saturated carbocycles.